The molecule has 0 amide bonds. The average Bonchev–Trinajstić information content (AvgIpc) is 3.35. The summed E-state index contributed by atoms with van der Waals surface area (Å²) >= 11 is 1.49. The summed E-state index contributed by atoms with van der Waals surface area (Å²) in [6, 6.07) is 7.41. The van der Waals surface area contributed by atoms with Gasteiger partial charge in [-0.05, 0) is 31.2 Å². The van der Waals surface area contributed by atoms with E-state index in [9.17, 15) is 0 Å². The molecule has 24 heavy (non-hydrogen) atoms. The fourth-order valence-electron chi connectivity index (χ4n) is 2.14. The first-order chi connectivity index (χ1) is 11.8. The van der Waals surface area contributed by atoms with Crippen molar-refractivity contribution in [3.63, 3.8) is 0 Å². The lowest BCUT2D eigenvalue weighted by Crippen LogP contribution is -1.85. The van der Waals surface area contributed by atoms with E-state index in [1.165, 1.54) is 11.8 Å². The predicted molar refractivity (Wildman–Crippen MR) is 88.1 cm³/mol. The quantitative estimate of drug-likeness (QED) is 0.554. The van der Waals surface area contributed by atoms with Crippen LogP contribution in [0.2, 0.25) is 0 Å². The van der Waals surface area contributed by atoms with Gasteiger partial charge in [-0.2, -0.15) is 0 Å². The number of hydrogen-bond acceptors (Lipinski definition) is 7. The largest absolute Gasteiger partial charge is 0.459 e. The summed E-state index contributed by atoms with van der Waals surface area (Å²) in [7, 11) is 0. The number of aromatic nitrogens is 5. The molecule has 0 fully saturated rings. The summed E-state index contributed by atoms with van der Waals surface area (Å²) in [6.45, 7) is 1.88. The number of hydrogen-bond donors (Lipinski definition) is 1. The first-order valence-corrected chi connectivity index (χ1v) is 8.24. The molecule has 4 aromatic rings. The van der Waals surface area contributed by atoms with Crippen molar-refractivity contribution in [2.45, 2.75) is 17.8 Å². The van der Waals surface area contributed by atoms with Gasteiger partial charge in [-0.3, -0.25) is 10.1 Å². The molecule has 0 bridgehead atoms. The number of thioether (sulfide) groups is 1. The third-order valence-electron chi connectivity index (χ3n) is 3.36. The summed E-state index contributed by atoms with van der Waals surface area (Å²) in [5.74, 6) is 3.17. The molecule has 120 valence electrons. The Labute approximate surface area is 141 Å². The molecule has 0 aromatic carbocycles. The number of H-pyrrole nitrogens is 1. The molecular weight excluding hydrogens is 326 g/mol. The molecule has 0 saturated carbocycles. The topological polar surface area (TPSA) is 93.6 Å². The van der Waals surface area contributed by atoms with E-state index in [0.29, 0.717) is 28.4 Å². The van der Waals surface area contributed by atoms with E-state index < -0.39 is 0 Å². The van der Waals surface area contributed by atoms with Crippen LogP contribution >= 0.6 is 11.8 Å². The Morgan fingerprint density at radius 1 is 1.21 bits per heavy atom. The van der Waals surface area contributed by atoms with Gasteiger partial charge in [0.2, 0.25) is 5.16 Å². The lowest BCUT2D eigenvalue weighted by Gasteiger charge is -1.94. The van der Waals surface area contributed by atoms with Gasteiger partial charge >= 0.3 is 0 Å². The van der Waals surface area contributed by atoms with Gasteiger partial charge in [0.25, 0.3) is 5.89 Å². The Bertz CT molecular complexity index is 931. The van der Waals surface area contributed by atoms with Gasteiger partial charge in [0.15, 0.2) is 11.6 Å². The lowest BCUT2D eigenvalue weighted by atomic mass is 10.3. The lowest BCUT2D eigenvalue weighted by molar-refractivity contribution is 0.500. The van der Waals surface area contributed by atoms with Crippen molar-refractivity contribution in [2.75, 3.05) is 0 Å². The monoisotopic (exact) mass is 339 g/mol. The van der Waals surface area contributed by atoms with Crippen molar-refractivity contribution < 1.29 is 8.83 Å². The van der Waals surface area contributed by atoms with Crippen LogP contribution in [0.5, 0.6) is 0 Å². The summed E-state index contributed by atoms with van der Waals surface area (Å²) in [5, 5.41) is 7.78. The predicted octanol–water partition coefficient (Wildman–Crippen LogP) is 3.72. The Kier molecular flexibility index (Phi) is 3.87. The number of aryl methyl sites for hydroxylation is 1. The van der Waals surface area contributed by atoms with Crippen LogP contribution in [0, 0.1) is 6.92 Å². The van der Waals surface area contributed by atoms with E-state index in [1.807, 2.05) is 25.1 Å². The zero-order valence-corrected chi connectivity index (χ0v) is 13.6. The highest BCUT2D eigenvalue weighted by atomic mass is 32.2. The maximum atomic E-state index is 5.65. The highest BCUT2D eigenvalue weighted by molar-refractivity contribution is 7.98. The number of aromatic amines is 1. The number of nitrogens with zero attached hydrogens (tertiary/aromatic N) is 4. The zero-order valence-electron chi connectivity index (χ0n) is 12.8. The number of furan rings is 1. The van der Waals surface area contributed by atoms with Crippen LogP contribution < -0.4 is 0 Å². The molecule has 0 spiro atoms. The Balaban J connectivity index is 1.47. The van der Waals surface area contributed by atoms with E-state index >= 15 is 0 Å². The zero-order chi connectivity index (χ0) is 16.4. The second-order valence-corrected chi connectivity index (χ2v) is 5.94. The van der Waals surface area contributed by atoms with Gasteiger partial charge < -0.3 is 8.83 Å². The maximum absolute atomic E-state index is 5.65. The number of nitrogens with one attached hydrogen (secondary N) is 1. The first kappa shape index (κ1) is 14.7. The van der Waals surface area contributed by atoms with Crippen LogP contribution in [-0.2, 0) is 5.75 Å². The molecule has 7 nitrogen and oxygen atoms in total. The Morgan fingerprint density at radius 3 is 2.96 bits per heavy atom. The molecule has 8 heteroatoms. The molecule has 0 aliphatic heterocycles. The SMILES string of the molecule is Cc1oc(-c2ccco2)nc1CSc1n[nH]c(-c2cccnc2)n1. The minimum atomic E-state index is 0.485. The van der Waals surface area contributed by atoms with Crippen molar-refractivity contribution in [2.24, 2.45) is 0 Å². The number of pyridine rings is 1. The van der Waals surface area contributed by atoms with Gasteiger partial charge in [0, 0.05) is 23.7 Å². The fourth-order valence-corrected chi connectivity index (χ4v) is 2.94. The van der Waals surface area contributed by atoms with Crippen molar-refractivity contribution in [1.82, 2.24) is 25.1 Å². The summed E-state index contributed by atoms with van der Waals surface area (Å²) in [4.78, 5) is 13.0. The van der Waals surface area contributed by atoms with Crippen molar-refractivity contribution in [1.29, 1.82) is 0 Å². The molecule has 0 unspecified atom stereocenters. The van der Waals surface area contributed by atoms with Crippen LogP contribution in [0.4, 0.5) is 0 Å². The van der Waals surface area contributed by atoms with Crippen LogP contribution in [0.1, 0.15) is 11.5 Å². The molecule has 0 aliphatic carbocycles. The second kappa shape index (κ2) is 6.32. The van der Waals surface area contributed by atoms with Gasteiger partial charge in [0.1, 0.15) is 5.76 Å². The van der Waals surface area contributed by atoms with E-state index in [-0.39, 0.29) is 0 Å². The van der Waals surface area contributed by atoms with Crippen LogP contribution in [-0.4, -0.2) is 25.1 Å². The van der Waals surface area contributed by atoms with Gasteiger partial charge in [0.05, 0.1) is 12.0 Å². The molecule has 0 saturated heterocycles. The average molecular weight is 339 g/mol. The Morgan fingerprint density at radius 2 is 2.17 bits per heavy atom. The van der Waals surface area contributed by atoms with E-state index in [4.69, 9.17) is 8.83 Å². The minimum absolute atomic E-state index is 0.485. The van der Waals surface area contributed by atoms with Gasteiger partial charge in [-0.15, -0.1) is 5.10 Å². The van der Waals surface area contributed by atoms with Crippen LogP contribution in [0.3, 0.4) is 0 Å². The van der Waals surface area contributed by atoms with E-state index in [2.05, 4.69) is 25.1 Å². The molecular formula is C16H13N5O2S. The van der Waals surface area contributed by atoms with E-state index in [1.54, 1.807) is 24.7 Å². The molecule has 1 N–H and O–H groups in total. The third kappa shape index (κ3) is 2.95. The third-order valence-corrected chi connectivity index (χ3v) is 4.22. The minimum Gasteiger partial charge on any atom is -0.459 e. The fraction of sp³-hybridized carbons (Fsp3) is 0.125. The highest BCUT2D eigenvalue weighted by Crippen LogP contribution is 2.27. The number of rotatable bonds is 5. The Hall–Kier alpha value is -2.87. The molecule has 4 heterocycles. The van der Waals surface area contributed by atoms with Crippen molar-refractivity contribution >= 4 is 11.8 Å². The van der Waals surface area contributed by atoms with E-state index in [0.717, 1.165) is 17.0 Å². The molecule has 0 radical (unpaired) electrons. The van der Waals surface area contributed by atoms with Crippen molar-refractivity contribution in [3.05, 3.63) is 54.4 Å². The summed E-state index contributed by atoms with van der Waals surface area (Å²) in [5.41, 5.74) is 1.74. The standard InChI is InChI=1S/C16H13N5O2S/c1-10-12(18-15(23-10)13-5-3-7-22-13)9-24-16-19-14(20-21-16)11-4-2-6-17-8-11/h2-8H,9H2,1H3,(H,19,20,21). The smallest absolute Gasteiger partial charge is 0.263 e. The first-order valence-electron chi connectivity index (χ1n) is 7.25. The van der Waals surface area contributed by atoms with Crippen molar-refractivity contribution in [3.8, 4) is 23.0 Å². The van der Waals surface area contributed by atoms with Gasteiger partial charge in [-0.1, -0.05) is 11.8 Å². The second-order valence-electron chi connectivity index (χ2n) is 5.00. The van der Waals surface area contributed by atoms with Crippen LogP contribution in [0.25, 0.3) is 23.0 Å². The molecule has 4 aromatic heterocycles. The number of oxazole rings is 1. The van der Waals surface area contributed by atoms with Crippen LogP contribution in [0.15, 0.2) is 56.9 Å². The molecule has 4 rings (SSSR count). The normalized spacial score (nSPS) is 11.0. The maximum Gasteiger partial charge on any atom is 0.263 e. The van der Waals surface area contributed by atoms with Gasteiger partial charge in [-0.25, -0.2) is 9.97 Å². The molecule has 0 atom stereocenters. The summed E-state index contributed by atoms with van der Waals surface area (Å²) < 4.78 is 11.0. The summed E-state index contributed by atoms with van der Waals surface area (Å²) in [6.07, 6.45) is 5.06. The highest BCUT2D eigenvalue weighted by Gasteiger charge is 2.15. The molecule has 0 aliphatic rings.